The second-order valence-corrected chi connectivity index (χ2v) is 7.37. The zero-order valence-electron chi connectivity index (χ0n) is 17.5. The molecular formula is C27H23N3O2. The second-order valence-electron chi connectivity index (χ2n) is 7.37. The van der Waals surface area contributed by atoms with E-state index in [0.717, 1.165) is 18.4 Å². The average Bonchev–Trinajstić information content (AvgIpc) is 2.84. The number of amides is 2. The number of nitrogens with zero attached hydrogens (tertiary/aromatic N) is 1. The molecule has 32 heavy (non-hydrogen) atoms. The van der Waals surface area contributed by atoms with E-state index in [9.17, 15) is 9.59 Å². The summed E-state index contributed by atoms with van der Waals surface area (Å²) in [6.07, 6.45) is 4.78. The van der Waals surface area contributed by atoms with Gasteiger partial charge >= 0.3 is 0 Å². The molecule has 4 rings (SSSR count). The Morgan fingerprint density at radius 2 is 1.31 bits per heavy atom. The van der Waals surface area contributed by atoms with Crippen LogP contribution in [0.1, 0.15) is 31.8 Å². The van der Waals surface area contributed by atoms with Gasteiger partial charge in [-0.1, -0.05) is 54.6 Å². The summed E-state index contributed by atoms with van der Waals surface area (Å²) in [7, 11) is 0. The highest BCUT2D eigenvalue weighted by Crippen LogP contribution is 2.19. The number of aromatic nitrogens is 1. The van der Waals surface area contributed by atoms with E-state index in [1.54, 1.807) is 48.8 Å². The maximum absolute atomic E-state index is 13.0. The number of hydrogen-bond donors (Lipinski definition) is 2. The summed E-state index contributed by atoms with van der Waals surface area (Å²) in [5.41, 5.74) is 4.61. The number of hydrogen-bond acceptors (Lipinski definition) is 3. The summed E-state index contributed by atoms with van der Waals surface area (Å²) in [4.78, 5) is 29.3. The SMILES string of the molecule is O=C(Nc1cccc(NC(=O)c2ccccc2CCc2ccccc2)c1)c1ccncc1. The molecule has 0 saturated carbocycles. The Morgan fingerprint density at radius 1 is 0.656 bits per heavy atom. The summed E-state index contributed by atoms with van der Waals surface area (Å²) in [5, 5.41) is 5.79. The molecule has 2 N–H and O–H groups in total. The first-order chi connectivity index (χ1) is 15.7. The molecule has 0 fully saturated rings. The third-order valence-corrected chi connectivity index (χ3v) is 5.11. The van der Waals surface area contributed by atoms with Crippen LogP contribution in [0.25, 0.3) is 0 Å². The van der Waals surface area contributed by atoms with Gasteiger partial charge in [-0.05, 0) is 60.4 Å². The van der Waals surface area contributed by atoms with Crippen LogP contribution >= 0.6 is 0 Å². The van der Waals surface area contributed by atoms with E-state index in [1.807, 2.05) is 42.5 Å². The smallest absolute Gasteiger partial charge is 0.255 e. The quantitative estimate of drug-likeness (QED) is 0.421. The number of nitrogens with one attached hydrogen (secondary N) is 2. The van der Waals surface area contributed by atoms with Gasteiger partial charge in [-0.2, -0.15) is 0 Å². The van der Waals surface area contributed by atoms with Gasteiger partial charge in [0.05, 0.1) is 0 Å². The van der Waals surface area contributed by atoms with Gasteiger partial charge in [0, 0.05) is 34.9 Å². The van der Waals surface area contributed by atoms with Crippen molar-refractivity contribution in [2.24, 2.45) is 0 Å². The Bertz CT molecular complexity index is 1210. The Hall–Kier alpha value is -4.25. The predicted molar refractivity (Wildman–Crippen MR) is 127 cm³/mol. The Kier molecular flexibility index (Phi) is 6.68. The zero-order valence-corrected chi connectivity index (χ0v) is 17.5. The second kappa shape index (κ2) is 10.2. The van der Waals surface area contributed by atoms with Crippen molar-refractivity contribution < 1.29 is 9.59 Å². The van der Waals surface area contributed by atoms with Crippen molar-refractivity contribution >= 4 is 23.2 Å². The summed E-state index contributed by atoms with van der Waals surface area (Å²) in [5.74, 6) is -0.409. The van der Waals surface area contributed by atoms with Gasteiger partial charge in [0.1, 0.15) is 0 Å². The molecule has 0 spiro atoms. The van der Waals surface area contributed by atoms with Crippen LogP contribution in [-0.2, 0) is 12.8 Å². The molecule has 0 atom stereocenters. The summed E-state index contributed by atoms with van der Waals surface area (Å²) < 4.78 is 0. The van der Waals surface area contributed by atoms with Crippen LogP contribution in [0.4, 0.5) is 11.4 Å². The van der Waals surface area contributed by atoms with Gasteiger partial charge in [-0.3, -0.25) is 14.6 Å². The largest absolute Gasteiger partial charge is 0.322 e. The van der Waals surface area contributed by atoms with E-state index in [4.69, 9.17) is 0 Å². The zero-order chi connectivity index (χ0) is 22.2. The van der Waals surface area contributed by atoms with Crippen molar-refractivity contribution in [2.45, 2.75) is 12.8 Å². The summed E-state index contributed by atoms with van der Waals surface area (Å²) in [6, 6.07) is 28.3. The molecule has 2 amide bonds. The van der Waals surface area contributed by atoms with Gasteiger partial charge in [0.2, 0.25) is 0 Å². The molecule has 0 radical (unpaired) electrons. The minimum Gasteiger partial charge on any atom is -0.322 e. The maximum Gasteiger partial charge on any atom is 0.255 e. The highest BCUT2D eigenvalue weighted by molar-refractivity contribution is 6.07. The molecule has 5 nitrogen and oxygen atoms in total. The van der Waals surface area contributed by atoms with E-state index < -0.39 is 0 Å². The summed E-state index contributed by atoms with van der Waals surface area (Å²) in [6.45, 7) is 0. The van der Waals surface area contributed by atoms with Crippen molar-refractivity contribution in [2.75, 3.05) is 10.6 Å². The van der Waals surface area contributed by atoms with Crippen LogP contribution in [0.15, 0.2) is 103 Å². The fourth-order valence-corrected chi connectivity index (χ4v) is 3.46. The van der Waals surface area contributed by atoms with Gasteiger partial charge < -0.3 is 10.6 Å². The number of benzene rings is 3. The molecule has 0 aliphatic carbocycles. The molecule has 0 bridgehead atoms. The third-order valence-electron chi connectivity index (χ3n) is 5.11. The van der Waals surface area contributed by atoms with Crippen LogP contribution < -0.4 is 10.6 Å². The fourth-order valence-electron chi connectivity index (χ4n) is 3.46. The van der Waals surface area contributed by atoms with Gasteiger partial charge in [-0.15, -0.1) is 0 Å². The normalized spacial score (nSPS) is 10.4. The van der Waals surface area contributed by atoms with Gasteiger partial charge in [0.15, 0.2) is 0 Å². The highest BCUT2D eigenvalue weighted by Gasteiger charge is 2.12. The molecule has 0 saturated heterocycles. The fraction of sp³-hybridized carbons (Fsp3) is 0.0741. The molecule has 3 aromatic carbocycles. The van der Waals surface area contributed by atoms with Crippen LogP contribution in [0, 0.1) is 0 Å². The third kappa shape index (κ3) is 5.46. The lowest BCUT2D eigenvalue weighted by atomic mass is 9.99. The van der Waals surface area contributed by atoms with E-state index in [1.165, 1.54) is 5.56 Å². The van der Waals surface area contributed by atoms with Crippen LogP contribution in [-0.4, -0.2) is 16.8 Å². The monoisotopic (exact) mass is 421 g/mol. The molecule has 1 aromatic heterocycles. The minimum absolute atomic E-state index is 0.175. The first-order valence-corrected chi connectivity index (χ1v) is 10.4. The molecular weight excluding hydrogens is 398 g/mol. The van der Waals surface area contributed by atoms with Crippen LogP contribution in [0.3, 0.4) is 0 Å². The molecule has 0 aliphatic heterocycles. The number of carbonyl (C=O) groups is 2. The van der Waals surface area contributed by atoms with Crippen molar-refractivity contribution in [3.8, 4) is 0 Å². The Balaban J connectivity index is 1.44. The lowest BCUT2D eigenvalue weighted by Crippen LogP contribution is -2.15. The number of carbonyl (C=O) groups excluding carboxylic acids is 2. The van der Waals surface area contributed by atoms with E-state index in [0.29, 0.717) is 22.5 Å². The summed E-state index contributed by atoms with van der Waals surface area (Å²) >= 11 is 0. The maximum atomic E-state index is 13.0. The van der Waals surface area contributed by atoms with Crippen molar-refractivity contribution in [3.05, 3.63) is 126 Å². The first-order valence-electron chi connectivity index (χ1n) is 10.4. The molecule has 1 heterocycles. The first kappa shape index (κ1) is 21.0. The van der Waals surface area contributed by atoms with Crippen molar-refractivity contribution in [1.29, 1.82) is 0 Å². The van der Waals surface area contributed by atoms with E-state index in [-0.39, 0.29) is 11.8 Å². The van der Waals surface area contributed by atoms with Crippen LogP contribution in [0.2, 0.25) is 0 Å². The number of aryl methyl sites for hydroxylation is 2. The number of anilines is 2. The molecule has 158 valence electrons. The van der Waals surface area contributed by atoms with Crippen molar-refractivity contribution in [3.63, 3.8) is 0 Å². The topological polar surface area (TPSA) is 71.1 Å². The average molecular weight is 422 g/mol. The molecule has 5 heteroatoms. The number of rotatable bonds is 7. The minimum atomic E-state index is -0.234. The van der Waals surface area contributed by atoms with Gasteiger partial charge in [-0.25, -0.2) is 0 Å². The molecule has 4 aromatic rings. The van der Waals surface area contributed by atoms with E-state index in [2.05, 4.69) is 27.8 Å². The van der Waals surface area contributed by atoms with Gasteiger partial charge in [0.25, 0.3) is 11.8 Å². The lowest BCUT2D eigenvalue weighted by molar-refractivity contribution is 0.101. The van der Waals surface area contributed by atoms with E-state index >= 15 is 0 Å². The standard InChI is InChI=1S/C27H23N3O2/c31-26(22-15-17-28-18-16-22)29-23-10-6-11-24(19-23)30-27(32)25-12-5-4-9-21(25)14-13-20-7-2-1-3-8-20/h1-12,15-19H,13-14H2,(H,29,31)(H,30,32). The number of pyridine rings is 1. The lowest BCUT2D eigenvalue weighted by Gasteiger charge is -2.12. The van der Waals surface area contributed by atoms with Crippen molar-refractivity contribution in [1.82, 2.24) is 4.98 Å². The molecule has 0 aliphatic rings. The highest BCUT2D eigenvalue weighted by atomic mass is 16.2. The Labute approximate surface area is 187 Å². The molecule has 0 unspecified atom stereocenters. The predicted octanol–water partition coefficient (Wildman–Crippen LogP) is 5.37. The Morgan fingerprint density at radius 3 is 2.06 bits per heavy atom. The van der Waals surface area contributed by atoms with Crippen LogP contribution in [0.5, 0.6) is 0 Å².